The Morgan fingerprint density at radius 2 is 1.76 bits per heavy atom. The number of hydrogen-bond donors (Lipinski definition) is 1. The van der Waals surface area contributed by atoms with Crippen molar-refractivity contribution in [3.05, 3.63) is 47.6 Å². The Hall–Kier alpha value is -2.76. The van der Waals surface area contributed by atoms with E-state index in [1.807, 2.05) is 0 Å². The second-order valence-electron chi connectivity index (χ2n) is 5.28. The van der Waals surface area contributed by atoms with Crippen LogP contribution >= 0.6 is 0 Å². The summed E-state index contributed by atoms with van der Waals surface area (Å²) < 4.78 is 0. The van der Waals surface area contributed by atoms with E-state index in [4.69, 9.17) is 0 Å². The third-order valence-electron chi connectivity index (χ3n) is 3.75. The maximum absolute atomic E-state index is 11.8. The molecule has 0 aromatic carbocycles. The summed E-state index contributed by atoms with van der Waals surface area (Å²) >= 11 is 0. The number of allylic oxidation sites excluding steroid dienone is 1. The van der Waals surface area contributed by atoms with Gasteiger partial charge in [-0.3, -0.25) is 29.4 Å². The summed E-state index contributed by atoms with van der Waals surface area (Å²) in [5, 5.41) is 2.18. The highest BCUT2D eigenvalue weighted by Crippen LogP contribution is 2.32. The van der Waals surface area contributed by atoms with Crippen molar-refractivity contribution in [1.82, 2.24) is 10.2 Å². The molecule has 0 fully saturated rings. The first-order chi connectivity index (χ1) is 9.90. The average molecular weight is 284 g/mol. The first-order valence-corrected chi connectivity index (χ1v) is 6.44. The molecular weight excluding hydrogens is 272 g/mol. The zero-order valence-corrected chi connectivity index (χ0v) is 11.3. The Bertz CT molecular complexity index is 693. The van der Waals surface area contributed by atoms with Gasteiger partial charge in [0.15, 0.2) is 0 Å². The predicted octanol–water partition coefficient (Wildman–Crippen LogP) is 0.139. The van der Waals surface area contributed by atoms with E-state index in [2.05, 4.69) is 5.32 Å². The van der Waals surface area contributed by atoms with Crippen molar-refractivity contribution in [2.45, 2.75) is 18.9 Å². The van der Waals surface area contributed by atoms with E-state index in [1.165, 1.54) is 23.1 Å². The third-order valence-corrected chi connectivity index (χ3v) is 3.75. The largest absolute Gasteiger partial charge is 0.289 e. The highest BCUT2D eigenvalue weighted by atomic mass is 16.2. The van der Waals surface area contributed by atoms with Crippen molar-refractivity contribution < 1.29 is 19.2 Å². The van der Waals surface area contributed by atoms with E-state index in [-0.39, 0.29) is 11.8 Å². The van der Waals surface area contributed by atoms with Crippen LogP contribution in [0.2, 0.25) is 0 Å². The van der Waals surface area contributed by atoms with Gasteiger partial charge in [0.05, 0.1) is 11.1 Å². The first kappa shape index (κ1) is 13.2. The molecule has 6 heteroatoms. The quantitative estimate of drug-likeness (QED) is 0.731. The second-order valence-corrected chi connectivity index (χ2v) is 5.28. The van der Waals surface area contributed by atoms with E-state index >= 15 is 0 Å². The van der Waals surface area contributed by atoms with Crippen molar-refractivity contribution in [3.8, 4) is 0 Å². The smallest absolute Gasteiger partial charge is 0.258 e. The van der Waals surface area contributed by atoms with Crippen LogP contribution < -0.4 is 5.32 Å². The number of hydrogen-bond acceptors (Lipinski definition) is 4. The molecule has 3 aliphatic rings. The lowest BCUT2D eigenvalue weighted by atomic mass is 9.86. The summed E-state index contributed by atoms with van der Waals surface area (Å²) in [6.45, 7) is 1.77. The van der Waals surface area contributed by atoms with Crippen LogP contribution in [0.4, 0.5) is 0 Å². The fraction of sp³-hybridized carbons (Fsp3) is 0.200. The lowest BCUT2D eigenvalue weighted by Gasteiger charge is -2.36. The summed E-state index contributed by atoms with van der Waals surface area (Å²) in [4.78, 5) is 47.5. The standard InChI is InChI=1S/C15H12N2O4/c1-15(17-12(19)2-3-13(17)20)6-4-9(5-7-15)10-8-11(18)16-14(10)21/h2-6,8H,7H2,1H3,(H,16,18,21). The number of carbonyl (C=O) groups is 4. The van der Waals surface area contributed by atoms with Gasteiger partial charge in [-0.25, -0.2) is 0 Å². The van der Waals surface area contributed by atoms with E-state index < -0.39 is 17.4 Å². The molecule has 1 N–H and O–H groups in total. The van der Waals surface area contributed by atoms with Crippen LogP contribution in [-0.2, 0) is 19.2 Å². The summed E-state index contributed by atoms with van der Waals surface area (Å²) in [5.41, 5.74) is 0.152. The molecule has 2 aliphatic heterocycles. The van der Waals surface area contributed by atoms with Gasteiger partial charge in [0.25, 0.3) is 23.6 Å². The maximum Gasteiger partial charge on any atom is 0.258 e. The molecule has 3 rings (SSSR count). The van der Waals surface area contributed by atoms with Crippen molar-refractivity contribution in [2.75, 3.05) is 0 Å². The molecule has 0 saturated heterocycles. The van der Waals surface area contributed by atoms with Gasteiger partial charge in [-0.05, 0) is 18.9 Å². The fourth-order valence-electron chi connectivity index (χ4n) is 2.62. The molecule has 6 nitrogen and oxygen atoms in total. The van der Waals surface area contributed by atoms with Crippen LogP contribution in [0.25, 0.3) is 0 Å². The molecule has 1 aliphatic carbocycles. The number of imide groups is 2. The molecule has 4 amide bonds. The zero-order valence-electron chi connectivity index (χ0n) is 11.3. The topological polar surface area (TPSA) is 83.6 Å². The Labute approximate surface area is 120 Å². The minimum Gasteiger partial charge on any atom is -0.289 e. The summed E-state index contributed by atoms with van der Waals surface area (Å²) in [6, 6.07) is 0. The van der Waals surface area contributed by atoms with Crippen LogP contribution in [-0.4, -0.2) is 34.1 Å². The van der Waals surface area contributed by atoms with Gasteiger partial charge in [0.2, 0.25) is 0 Å². The highest BCUT2D eigenvalue weighted by Gasteiger charge is 2.39. The lowest BCUT2D eigenvalue weighted by Crippen LogP contribution is -2.48. The summed E-state index contributed by atoms with van der Waals surface area (Å²) in [6.07, 6.45) is 9.24. The Kier molecular flexibility index (Phi) is 2.76. The predicted molar refractivity (Wildman–Crippen MR) is 72.5 cm³/mol. The van der Waals surface area contributed by atoms with Crippen molar-refractivity contribution >= 4 is 23.6 Å². The molecule has 1 unspecified atom stereocenters. The molecule has 0 aromatic heterocycles. The second kappa shape index (κ2) is 4.37. The van der Waals surface area contributed by atoms with Gasteiger partial charge in [0.1, 0.15) is 0 Å². The molecule has 0 radical (unpaired) electrons. The highest BCUT2D eigenvalue weighted by molar-refractivity contribution is 6.19. The Morgan fingerprint density at radius 3 is 2.24 bits per heavy atom. The van der Waals surface area contributed by atoms with Gasteiger partial charge in [-0.15, -0.1) is 0 Å². The van der Waals surface area contributed by atoms with Gasteiger partial charge >= 0.3 is 0 Å². The van der Waals surface area contributed by atoms with E-state index in [9.17, 15) is 19.2 Å². The van der Waals surface area contributed by atoms with Gasteiger partial charge in [-0.1, -0.05) is 18.2 Å². The minimum absolute atomic E-state index is 0.301. The van der Waals surface area contributed by atoms with E-state index in [1.54, 1.807) is 25.2 Å². The number of rotatable bonds is 2. The molecule has 106 valence electrons. The lowest BCUT2D eigenvalue weighted by molar-refractivity contribution is -0.141. The van der Waals surface area contributed by atoms with Crippen LogP contribution in [0.5, 0.6) is 0 Å². The maximum atomic E-state index is 11.8. The summed E-state index contributed by atoms with van der Waals surface area (Å²) in [5.74, 6) is -1.57. The van der Waals surface area contributed by atoms with Crippen molar-refractivity contribution in [2.24, 2.45) is 0 Å². The van der Waals surface area contributed by atoms with E-state index in [0.717, 1.165) is 0 Å². The van der Waals surface area contributed by atoms with Crippen LogP contribution in [0.1, 0.15) is 13.3 Å². The number of nitrogens with zero attached hydrogens (tertiary/aromatic N) is 1. The van der Waals surface area contributed by atoms with Crippen LogP contribution in [0.3, 0.4) is 0 Å². The molecule has 0 spiro atoms. The normalized spacial score (nSPS) is 28.1. The van der Waals surface area contributed by atoms with Crippen LogP contribution in [0.15, 0.2) is 47.6 Å². The molecule has 1 atom stereocenters. The SMILES string of the molecule is CC1(N2C(=O)C=CC2=O)C=CC(C2=CC(=O)NC2=O)=CC1. The third kappa shape index (κ3) is 2.05. The van der Waals surface area contributed by atoms with Gasteiger partial charge in [0, 0.05) is 18.2 Å². The number of carbonyl (C=O) groups excluding carboxylic acids is 4. The molecule has 0 aromatic rings. The molecule has 21 heavy (non-hydrogen) atoms. The molecular formula is C15H12N2O4. The molecule has 0 saturated carbocycles. The van der Waals surface area contributed by atoms with E-state index in [0.29, 0.717) is 17.6 Å². The van der Waals surface area contributed by atoms with Crippen molar-refractivity contribution in [1.29, 1.82) is 0 Å². The van der Waals surface area contributed by atoms with Crippen LogP contribution in [0, 0.1) is 0 Å². The Balaban J connectivity index is 1.85. The van der Waals surface area contributed by atoms with Crippen molar-refractivity contribution in [3.63, 3.8) is 0 Å². The van der Waals surface area contributed by atoms with Gasteiger partial charge in [-0.2, -0.15) is 0 Å². The number of nitrogens with one attached hydrogen (secondary N) is 1. The molecule has 2 heterocycles. The number of amides is 4. The first-order valence-electron chi connectivity index (χ1n) is 6.44. The molecule has 0 bridgehead atoms. The summed E-state index contributed by atoms with van der Waals surface area (Å²) in [7, 11) is 0. The average Bonchev–Trinajstić information content (AvgIpc) is 2.93. The minimum atomic E-state index is -0.763. The monoisotopic (exact) mass is 284 g/mol. The zero-order chi connectivity index (χ0) is 15.2. The fourth-order valence-corrected chi connectivity index (χ4v) is 2.62. The Morgan fingerprint density at radius 1 is 1.10 bits per heavy atom. The van der Waals surface area contributed by atoms with Gasteiger partial charge < -0.3 is 0 Å².